The third-order valence-corrected chi connectivity index (χ3v) is 2.03. The molecule has 0 aliphatic heterocycles. The highest BCUT2D eigenvalue weighted by Gasteiger charge is 2.03. The predicted molar refractivity (Wildman–Crippen MR) is 59.1 cm³/mol. The Labute approximate surface area is 86.6 Å². The number of rotatable bonds is 5. The summed E-state index contributed by atoms with van der Waals surface area (Å²) in [5.74, 6) is -0.157. The summed E-state index contributed by atoms with van der Waals surface area (Å²) >= 11 is 0. The molecule has 0 aromatic rings. The first-order valence-electron chi connectivity index (χ1n) is 4.94. The number of hydrogen-bond acceptors (Lipinski definition) is 2. The van der Waals surface area contributed by atoms with Gasteiger partial charge >= 0.3 is 5.97 Å². The summed E-state index contributed by atoms with van der Waals surface area (Å²) in [6, 6.07) is 0. The lowest BCUT2D eigenvalue weighted by atomic mass is 10.1. The summed E-state index contributed by atoms with van der Waals surface area (Å²) in [5.41, 5.74) is 2.47. The van der Waals surface area contributed by atoms with Crippen LogP contribution in [0.2, 0.25) is 0 Å². The molecular weight excluding hydrogens is 176 g/mol. The fourth-order valence-corrected chi connectivity index (χ4v) is 1.14. The van der Waals surface area contributed by atoms with Crippen molar-refractivity contribution >= 4 is 5.97 Å². The first-order valence-corrected chi connectivity index (χ1v) is 4.94. The Morgan fingerprint density at radius 1 is 1.36 bits per heavy atom. The zero-order valence-corrected chi connectivity index (χ0v) is 9.59. The molecule has 0 N–H and O–H groups in total. The quantitative estimate of drug-likeness (QED) is 0.498. The minimum absolute atomic E-state index is 0.157. The Hall–Kier alpha value is -1.05. The SMILES string of the molecule is CC=C(CCC=C(C)C)CC(=O)OC. The molecule has 0 fully saturated rings. The number of methoxy groups -OCH3 is 1. The van der Waals surface area contributed by atoms with Gasteiger partial charge in [0.25, 0.3) is 0 Å². The van der Waals surface area contributed by atoms with Crippen molar-refractivity contribution < 1.29 is 9.53 Å². The van der Waals surface area contributed by atoms with Crippen LogP contribution in [0, 0.1) is 0 Å². The van der Waals surface area contributed by atoms with Crippen LogP contribution in [0.5, 0.6) is 0 Å². The van der Waals surface area contributed by atoms with Crippen LogP contribution in [0.15, 0.2) is 23.3 Å². The molecule has 0 amide bonds. The summed E-state index contributed by atoms with van der Waals surface area (Å²) in [4.78, 5) is 11.0. The maximum absolute atomic E-state index is 11.0. The number of ether oxygens (including phenoxy) is 1. The lowest BCUT2D eigenvalue weighted by Crippen LogP contribution is -2.01. The standard InChI is InChI=1S/C12H20O2/c1-5-11(9-12(13)14-4)8-6-7-10(2)3/h5,7H,6,8-9H2,1-4H3. The smallest absolute Gasteiger partial charge is 0.309 e. The van der Waals surface area contributed by atoms with Gasteiger partial charge < -0.3 is 4.74 Å². The van der Waals surface area contributed by atoms with Crippen molar-refractivity contribution in [2.75, 3.05) is 7.11 Å². The average Bonchev–Trinajstić information content (AvgIpc) is 2.15. The summed E-state index contributed by atoms with van der Waals surface area (Å²) in [7, 11) is 1.42. The maximum atomic E-state index is 11.0. The van der Waals surface area contributed by atoms with Gasteiger partial charge in [0, 0.05) is 0 Å². The molecule has 0 aromatic carbocycles. The summed E-state index contributed by atoms with van der Waals surface area (Å²) in [6.07, 6.45) is 6.54. The van der Waals surface area contributed by atoms with Crippen LogP contribution in [-0.2, 0) is 9.53 Å². The summed E-state index contributed by atoms with van der Waals surface area (Å²) < 4.78 is 4.61. The Bertz CT molecular complexity index is 233. The van der Waals surface area contributed by atoms with Crippen LogP contribution in [0.4, 0.5) is 0 Å². The Balaban J connectivity index is 3.94. The molecule has 2 heteroatoms. The third-order valence-electron chi connectivity index (χ3n) is 2.03. The largest absolute Gasteiger partial charge is 0.469 e. The van der Waals surface area contributed by atoms with Gasteiger partial charge in [0.1, 0.15) is 0 Å². The van der Waals surface area contributed by atoms with E-state index in [0.29, 0.717) is 6.42 Å². The number of carbonyl (C=O) groups excluding carboxylic acids is 1. The molecule has 0 atom stereocenters. The molecule has 0 saturated heterocycles. The Morgan fingerprint density at radius 3 is 2.43 bits per heavy atom. The minimum Gasteiger partial charge on any atom is -0.469 e. The second-order valence-corrected chi connectivity index (χ2v) is 3.52. The first kappa shape index (κ1) is 12.9. The van der Waals surface area contributed by atoms with Gasteiger partial charge in [0.05, 0.1) is 13.5 Å². The molecule has 2 nitrogen and oxygen atoms in total. The van der Waals surface area contributed by atoms with Crippen LogP contribution < -0.4 is 0 Å². The normalized spacial score (nSPS) is 11.0. The molecule has 0 spiro atoms. The van der Waals surface area contributed by atoms with Crippen molar-refractivity contribution in [3.05, 3.63) is 23.3 Å². The van der Waals surface area contributed by atoms with Crippen molar-refractivity contribution in [3.63, 3.8) is 0 Å². The number of allylic oxidation sites excluding steroid dienone is 3. The number of hydrogen-bond donors (Lipinski definition) is 0. The van der Waals surface area contributed by atoms with Gasteiger partial charge in [-0.15, -0.1) is 0 Å². The van der Waals surface area contributed by atoms with Gasteiger partial charge in [0.15, 0.2) is 0 Å². The Kier molecular flexibility index (Phi) is 6.81. The van der Waals surface area contributed by atoms with Crippen molar-refractivity contribution in [2.45, 2.75) is 40.0 Å². The molecule has 14 heavy (non-hydrogen) atoms. The van der Waals surface area contributed by atoms with Crippen molar-refractivity contribution in [3.8, 4) is 0 Å². The minimum atomic E-state index is -0.157. The van der Waals surface area contributed by atoms with E-state index in [1.54, 1.807) is 0 Å². The highest BCUT2D eigenvalue weighted by atomic mass is 16.5. The molecule has 0 heterocycles. The second kappa shape index (κ2) is 7.36. The molecule has 0 bridgehead atoms. The van der Waals surface area contributed by atoms with Crippen LogP contribution >= 0.6 is 0 Å². The van der Waals surface area contributed by atoms with Gasteiger partial charge in [-0.25, -0.2) is 0 Å². The van der Waals surface area contributed by atoms with E-state index in [4.69, 9.17) is 0 Å². The predicted octanol–water partition coefficient (Wildman–Crippen LogP) is 3.24. The molecule has 0 rings (SSSR count). The van der Waals surface area contributed by atoms with E-state index >= 15 is 0 Å². The summed E-state index contributed by atoms with van der Waals surface area (Å²) in [5, 5.41) is 0. The number of esters is 1. The second-order valence-electron chi connectivity index (χ2n) is 3.52. The topological polar surface area (TPSA) is 26.3 Å². The van der Waals surface area contributed by atoms with Gasteiger partial charge in [0.2, 0.25) is 0 Å². The first-order chi connectivity index (χ1) is 6.60. The molecule has 0 aliphatic rings. The highest BCUT2D eigenvalue weighted by molar-refractivity contribution is 5.72. The fraction of sp³-hybridized carbons (Fsp3) is 0.583. The molecule has 80 valence electrons. The van der Waals surface area contributed by atoms with Crippen molar-refractivity contribution in [1.29, 1.82) is 0 Å². The lowest BCUT2D eigenvalue weighted by molar-refractivity contribution is -0.139. The molecule has 0 saturated carbocycles. The van der Waals surface area contributed by atoms with Gasteiger partial charge in [-0.2, -0.15) is 0 Å². The van der Waals surface area contributed by atoms with E-state index in [1.165, 1.54) is 12.7 Å². The van der Waals surface area contributed by atoms with E-state index in [9.17, 15) is 4.79 Å². The van der Waals surface area contributed by atoms with Gasteiger partial charge in [-0.3, -0.25) is 4.79 Å². The van der Waals surface area contributed by atoms with E-state index in [-0.39, 0.29) is 5.97 Å². The average molecular weight is 196 g/mol. The van der Waals surface area contributed by atoms with E-state index in [2.05, 4.69) is 24.7 Å². The summed E-state index contributed by atoms with van der Waals surface area (Å²) in [6.45, 7) is 6.12. The molecule has 0 radical (unpaired) electrons. The highest BCUT2D eigenvalue weighted by Crippen LogP contribution is 2.11. The van der Waals surface area contributed by atoms with Crippen LogP contribution in [-0.4, -0.2) is 13.1 Å². The zero-order valence-electron chi connectivity index (χ0n) is 9.59. The third kappa shape index (κ3) is 6.46. The van der Waals surface area contributed by atoms with E-state index < -0.39 is 0 Å². The zero-order chi connectivity index (χ0) is 11.0. The lowest BCUT2D eigenvalue weighted by Gasteiger charge is -2.03. The molecule has 0 aromatic heterocycles. The van der Waals surface area contributed by atoms with Crippen LogP contribution in [0.1, 0.15) is 40.0 Å². The van der Waals surface area contributed by atoms with E-state index in [0.717, 1.165) is 18.4 Å². The number of carbonyl (C=O) groups is 1. The van der Waals surface area contributed by atoms with Crippen LogP contribution in [0.25, 0.3) is 0 Å². The van der Waals surface area contributed by atoms with Crippen molar-refractivity contribution in [2.24, 2.45) is 0 Å². The Morgan fingerprint density at radius 2 is 2.00 bits per heavy atom. The van der Waals surface area contributed by atoms with E-state index in [1.807, 2.05) is 13.0 Å². The fourth-order valence-electron chi connectivity index (χ4n) is 1.14. The molecular formula is C12H20O2. The van der Waals surface area contributed by atoms with Gasteiger partial charge in [-0.1, -0.05) is 23.3 Å². The molecule has 0 aliphatic carbocycles. The van der Waals surface area contributed by atoms with Crippen LogP contribution in [0.3, 0.4) is 0 Å². The van der Waals surface area contributed by atoms with Gasteiger partial charge in [-0.05, 0) is 33.6 Å². The maximum Gasteiger partial charge on any atom is 0.309 e. The monoisotopic (exact) mass is 196 g/mol. The van der Waals surface area contributed by atoms with Crippen molar-refractivity contribution in [1.82, 2.24) is 0 Å². The molecule has 0 unspecified atom stereocenters.